The molecule has 0 aliphatic heterocycles. The molecule has 20 heavy (non-hydrogen) atoms. The number of nitrogen functional groups attached to an aromatic ring is 1. The number of benzene rings is 1. The van der Waals surface area contributed by atoms with Crippen molar-refractivity contribution in [2.24, 2.45) is 0 Å². The van der Waals surface area contributed by atoms with Crippen LogP contribution in [0, 0.1) is 11.6 Å². The zero-order valence-electron chi connectivity index (χ0n) is 10.9. The molecule has 1 aliphatic rings. The maximum atomic E-state index is 13.8. The Bertz CT molecular complexity index is 608. The Morgan fingerprint density at radius 2 is 2.05 bits per heavy atom. The number of hydrogen-bond donors (Lipinski definition) is 2. The summed E-state index contributed by atoms with van der Waals surface area (Å²) in [6.07, 6.45) is 4.31. The van der Waals surface area contributed by atoms with Gasteiger partial charge in [-0.15, -0.1) is 0 Å². The molecule has 0 aromatic heterocycles. The molecule has 2 unspecified atom stereocenters. The minimum Gasteiger partial charge on any atom is -0.394 e. The van der Waals surface area contributed by atoms with Gasteiger partial charge in [-0.1, -0.05) is 0 Å². The summed E-state index contributed by atoms with van der Waals surface area (Å²) in [7, 11) is -4.03. The van der Waals surface area contributed by atoms with Crippen LogP contribution in [0.15, 0.2) is 17.0 Å². The zero-order valence-corrected chi connectivity index (χ0v) is 12.5. The summed E-state index contributed by atoms with van der Waals surface area (Å²) in [5, 5.41) is 0.408. The smallest absolute Gasteiger partial charge is 0.243 e. The van der Waals surface area contributed by atoms with Gasteiger partial charge in [0.05, 0.1) is 0 Å². The van der Waals surface area contributed by atoms with E-state index in [0.717, 1.165) is 18.6 Å². The van der Waals surface area contributed by atoms with Crippen LogP contribution in [0.25, 0.3) is 0 Å². The highest BCUT2D eigenvalue weighted by molar-refractivity contribution is 7.99. The van der Waals surface area contributed by atoms with Crippen molar-refractivity contribution >= 4 is 27.5 Å². The third kappa shape index (κ3) is 3.07. The van der Waals surface area contributed by atoms with E-state index in [2.05, 4.69) is 4.72 Å². The minimum atomic E-state index is -4.03. The first-order chi connectivity index (χ1) is 9.35. The molecule has 1 aliphatic carbocycles. The van der Waals surface area contributed by atoms with Gasteiger partial charge in [0.2, 0.25) is 10.0 Å². The van der Waals surface area contributed by atoms with E-state index in [1.54, 1.807) is 11.8 Å². The van der Waals surface area contributed by atoms with Gasteiger partial charge in [-0.2, -0.15) is 11.8 Å². The monoisotopic (exact) mass is 322 g/mol. The SMILES string of the molecule is CSC1CCC(NS(=O)(=O)c2ccc(F)c(N)c2F)C1. The van der Waals surface area contributed by atoms with E-state index in [0.29, 0.717) is 18.1 Å². The molecule has 1 saturated carbocycles. The van der Waals surface area contributed by atoms with E-state index in [1.807, 2.05) is 6.26 Å². The molecular formula is C12H16F2N2O2S2. The van der Waals surface area contributed by atoms with Gasteiger partial charge in [0, 0.05) is 11.3 Å². The third-order valence-corrected chi connectivity index (χ3v) is 6.05. The van der Waals surface area contributed by atoms with Gasteiger partial charge in [0.15, 0.2) is 5.82 Å². The molecule has 0 radical (unpaired) electrons. The van der Waals surface area contributed by atoms with E-state index in [9.17, 15) is 17.2 Å². The van der Waals surface area contributed by atoms with Crippen LogP contribution in [0.1, 0.15) is 19.3 Å². The first kappa shape index (κ1) is 15.5. The van der Waals surface area contributed by atoms with Gasteiger partial charge >= 0.3 is 0 Å². The van der Waals surface area contributed by atoms with Gasteiger partial charge in [0.1, 0.15) is 16.4 Å². The van der Waals surface area contributed by atoms with E-state index in [1.165, 1.54) is 0 Å². The Kier molecular flexibility index (Phi) is 4.55. The third-order valence-electron chi connectivity index (χ3n) is 3.42. The molecular weight excluding hydrogens is 306 g/mol. The zero-order chi connectivity index (χ0) is 14.9. The largest absolute Gasteiger partial charge is 0.394 e. The predicted octanol–water partition coefficient (Wildman–Crippen LogP) is 2.11. The molecule has 0 bridgehead atoms. The molecule has 4 nitrogen and oxygen atoms in total. The summed E-state index contributed by atoms with van der Waals surface area (Å²) in [4.78, 5) is -0.607. The number of nitrogens with one attached hydrogen (secondary N) is 1. The number of thioether (sulfide) groups is 1. The second-order valence-corrected chi connectivity index (χ2v) is 7.58. The second kappa shape index (κ2) is 5.87. The highest BCUT2D eigenvalue weighted by Crippen LogP contribution is 2.30. The molecule has 1 fully saturated rings. The summed E-state index contributed by atoms with van der Waals surface area (Å²) in [5.41, 5.74) is 4.41. The van der Waals surface area contributed by atoms with Crippen LogP contribution < -0.4 is 10.5 Å². The quantitative estimate of drug-likeness (QED) is 0.833. The predicted molar refractivity (Wildman–Crippen MR) is 76.0 cm³/mol. The van der Waals surface area contributed by atoms with Crippen molar-refractivity contribution in [2.45, 2.75) is 35.4 Å². The Balaban J connectivity index is 2.21. The van der Waals surface area contributed by atoms with Crippen LogP contribution in [-0.4, -0.2) is 26.0 Å². The summed E-state index contributed by atoms with van der Waals surface area (Å²) in [6.45, 7) is 0. The van der Waals surface area contributed by atoms with E-state index < -0.39 is 32.2 Å². The Morgan fingerprint density at radius 3 is 2.65 bits per heavy atom. The molecule has 8 heteroatoms. The average molecular weight is 322 g/mol. The number of nitrogens with two attached hydrogens (primary N) is 1. The summed E-state index contributed by atoms with van der Waals surface area (Å²) >= 11 is 1.69. The number of halogens is 2. The van der Waals surface area contributed by atoms with E-state index in [4.69, 9.17) is 5.73 Å². The van der Waals surface area contributed by atoms with Crippen LogP contribution in [0.2, 0.25) is 0 Å². The minimum absolute atomic E-state index is 0.219. The number of rotatable bonds is 4. The van der Waals surface area contributed by atoms with Crippen molar-refractivity contribution in [3.63, 3.8) is 0 Å². The number of hydrogen-bond acceptors (Lipinski definition) is 4. The topological polar surface area (TPSA) is 72.2 Å². The second-order valence-electron chi connectivity index (χ2n) is 4.76. The molecule has 0 heterocycles. The number of sulfonamides is 1. The first-order valence-electron chi connectivity index (χ1n) is 6.13. The maximum absolute atomic E-state index is 13.8. The van der Waals surface area contributed by atoms with Crippen molar-refractivity contribution in [3.05, 3.63) is 23.8 Å². The molecule has 1 aromatic rings. The fourth-order valence-electron chi connectivity index (χ4n) is 2.30. The van der Waals surface area contributed by atoms with E-state index >= 15 is 0 Å². The molecule has 0 spiro atoms. The summed E-state index contributed by atoms with van der Waals surface area (Å²) in [6, 6.07) is 1.53. The van der Waals surface area contributed by atoms with Crippen molar-refractivity contribution in [1.29, 1.82) is 0 Å². The molecule has 2 atom stereocenters. The van der Waals surface area contributed by atoms with Gasteiger partial charge in [-0.25, -0.2) is 21.9 Å². The molecule has 1 aromatic carbocycles. The summed E-state index contributed by atoms with van der Waals surface area (Å²) < 4.78 is 53.6. The van der Waals surface area contributed by atoms with Gasteiger partial charge in [-0.3, -0.25) is 0 Å². The summed E-state index contributed by atoms with van der Waals surface area (Å²) in [5.74, 6) is -2.21. The van der Waals surface area contributed by atoms with Crippen molar-refractivity contribution in [3.8, 4) is 0 Å². The van der Waals surface area contributed by atoms with Crippen LogP contribution in [0.5, 0.6) is 0 Å². The highest BCUT2D eigenvalue weighted by Gasteiger charge is 2.30. The van der Waals surface area contributed by atoms with Crippen molar-refractivity contribution < 1.29 is 17.2 Å². The van der Waals surface area contributed by atoms with Gasteiger partial charge < -0.3 is 5.73 Å². The Labute approximate surface area is 121 Å². The average Bonchev–Trinajstić information content (AvgIpc) is 2.82. The van der Waals surface area contributed by atoms with Crippen LogP contribution in [0.4, 0.5) is 14.5 Å². The van der Waals surface area contributed by atoms with Gasteiger partial charge in [0.25, 0.3) is 0 Å². The molecule has 0 amide bonds. The standard InChI is InChI=1S/C12H16F2N2O2S2/c1-19-8-3-2-7(6-8)16-20(17,18)10-5-4-9(13)12(15)11(10)14/h4-5,7-8,16H,2-3,6,15H2,1H3. The molecule has 2 rings (SSSR count). The lowest BCUT2D eigenvalue weighted by Gasteiger charge is -2.14. The maximum Gasteiger partial charge on any atom is 0.243 e. The number of anilines is 1. The van der Waals surface area contributed by atoms with Crippen LogP contribution in [0.3, 0.4) is 0 Å². The molecule has 112 valence electrons. The lowest BCUT2D eigenvalue weighted by Crippen LogP contribution is -2.33. The normalized spacial score (nSPS) is 23.1. The van der Waals surface area contributed by atoms with E-state index in [-0.39, 0.29) is 6.04 Å². The Morgan fingerprint density at radius 1 is 1.35 bits per heavy atom. The van der Waals surface area contributed by atoms with Crippen LogP contribution >= 0.6 is 11.8 Å². The highest BCUT2D eigenvalue weighted by atomic mass is 32.2. The van der Waals surface area contributed by atoms with Crippen LogP contribution in [-0.2, 0) is 10.0 Å². The first-order valence-corrected chi connectivity index (χ1v) is 8.91. The lowest BCUT2D eigenvalue weighted by molar-refractivity contribution is 0.532. The van der Waals surface area contributed by atoms with Crippen molar-refractivity contribution in [1.82, 2.24) is 4.72 Å². The fraction of sp³-hybridized carbons (Fsp3) is 0.500. The lowest BCUT2D eigenvalue weighted by atomic mass is 10.3. The van der Waals surface area contributed by atoms with Gasteiger partial charge in [-0.05, 0) is 37.7 Å². The molecule has 3 N–H and O–H groups in total. The fourth-order valence-corrected chi connectivity index (χ4v) is 4.47. The Hall–Kier alpha value is -0.860. The molecule has 0 saturated heterocycles. The van der Waals surface area contributed by atoms with Crippen molar-refractivity contribution in [2.75, 3.05) is 12.0 Å².